The van der Waals surface area contributed by atoms with E-state index in [0.717, 1.165) is 96.4 Å². The third kappa shape index (κ3) is 9.48. The van der Waals surface area contributed by atoms with Crippen LogP contribution in [0.2, 0.25) is 0 Å². The van der Waals surface area contributed by atoms with Crippen molar-refractivity contribution in [2.75, 3.05) is 0 Å². The number of fused-ring (bicyclic) bond motifs is 11. The predicted octanol–water partition coefficient (Wildman–Crippen LogP) is 16.2. The van der Waals surface area contributed by atoms with Crippen LogP contribution in [0.15, 0.2) is 273 Å². The molecule has 0 atom stereocenters. The van der Waals surface area contributed by atoms with Crippen LogP contribution >= 0.6 is 22.7 Å². The fourth-order valence-corrected chi connectivity index (χ4v) is 13.4. The van der Waals surface area contributed by atoms with Crippen molar-refractivity contribution in [1.29, 1.82) is 0 Å². The van der Waals surface area contributed by atoms with Crippen LogP contribution in [-0.2, 0) is 0 Å². The van der Waals surface area contributed by atoms with Gasteiger partial charge in [-0.2, -0.15) is 19.9 Å². The van der Waals surface area contributed by atoms with Crippen LogP contribution in [0.1, 0.15) is 0 Å². The van der Waals surface area contributed by atoms with Crippen molar-refractivity contribution in [3.8, 4) is 67.1 Å². The second kappa shape index (κ2) is 22.2. The second-order valence-corrected chi connectivity index (χ2v) is 22.4. The van der Waals surface area contributed by atoms with Crippen molar-refractivity contribution in [1.82, 2.24) is 24.1 Å². The molecule has 0 amide bonds. The van der Waals surface area contributed by atoms with E-state index in [1.807, 2.05) is 170 Å². The van der Waals surface area contributed by atoms with Crippen LogP contribution in [0.3, 0.4) is 0 Å². The topological polar surface area (TPSA) is 123 Å². The molecule has 0 saturated heterocycles. The monoisotopic (exact) mass is 1130 g/mol. The molecule has 0 bridgehead atoms. The van der Waals surface area contributed by atoms with Gasteiger partial charge >= 0.3 is 10.1 Å². The first-order chi connectivity index (χ1) is 41.5. The van der Waals surface area contributed by atoms with E-state index in [-0.39, 0.29) is 21.6 Å². The van der Waals surface area contributed by atoms with Gasteiger partial charge in [0.1, 0.15) is 9.40 Å². The molecular weight excluding hydrogens is 1080 g/mol. The van der Waals surface area contributed by atoms with Gasteiger partial charge in [-0.25, -0.2) is 4.98 Å². The molecule has 85 heavy (non-hydrogen) atoms. The summed E-state index contributed by atoms with van der Waals surface area (Å²) in [6, 6.07) is 91.9. The summed E-state index contributed by atoms with van der Waals surface area (Å²) in [5.74, 6) is 2.04. The zero-order chi connectivity index (χ0) is 56.1. The minimum absolute atomic E-state index is 0. The molecule has 9 nitrogen and oxygen atoms in total. The van der Waals surface area contributed by atoms with E-state index >= 15 is 0 Å². The quantitative estimate of drug-likeness (QED) is 0.153. The van der Waals surface area contributed by atoms with Crippen molar-refractivity contribution >= 4 is 118 Å². The molecule has 0 aliphatic carbocycles. The van der Waals surface area contributed by atoms with E-state index in [1.54, 1.807) is 22.7 Å². The van der Waals surface area contributed by atoms with Crippen molar-refractivity contribution < 1.29 is 20.2 Å². The SMILES string of the molecule is [Be+2].[O-]c1c(-c2[nH+]c3ccccc3s2)ccc2ccccc12.[O-]c1c(-c2[nH+]c3ccccc3s2)ccc2ccccc12.c1ccc(-c2nc(-c3ccccc3)nc(-n3c4ccccc4c4c3ccc3c5ccccc5n(-c5ccccc5)c34)n2)cc1. The number of hydrogen-bond acceptors (Lipinski definition) is 7. The molecule has 2 N–H and O–H groups in total. The molecule has 0 unspecified atom stereocenters. The number of nitrogens with zero attached hydrogens (tertiary/aromatic N) is 5. The average Bonchev–Trinajstić information content (AvgIpc) is 1.61. The maximum Gasteiger partial charge on any atom is 2.00 e. The van der Waals surface area contributed by atoms with E-state index in [0.29, 0.717) is 17.6 Å². The van der Waals surface area contributed by atoms with Crippen molar-refractivity contribution in [2.45, 2.75) is 0 Å². The molecular formula is C73H47BeN7O2S2+2. The minimum Gasteiger partial charge on any atom is -0.871 e. The van der Waals surface area contributed by atoms with Crippen molar-refractivity contribution in [3.05, 3.63) is 273 Å². The van der Waals surface area contributed by atoms with E-state index in [2.05, 4.69) is 122 Å². The molecule has 5 heterocycles. The normalized spacial score (nSPS) is 11.3. The van der Waals surface area contributed by atoms with Crippen molar-refractivity contribution in [2.24, 2.45) is 0 Å². The van der Waals surface area contributed by atoms with Crippen LogP contribution in [0.4, 0.5) is 0 Å². The first-order valence-corrected chi connectivity index (χ1v) is 29.2. The maximum atomic E-state index is 12.6. The van der Waals surface area contributed by atoms with Crippen LogP contribution in [0, 0.1) is 0 Å². The molecule has 12 aromatic carbocycles. The number of thiazole rings is 2. The van der Waals surface area contributed by atoms with E-state index in [1.165, 1.54) is 27.2 Å². The number of benzene rings is 12. The molecule has 0 radical (unpaired) electrons. The molecule has 5 aromatic heterocycles. The van der Waals surface area contributed by atoms with Crippen LogP contribution in [0.25, 0.3) is 141 Å². The van der Waals surface area contributed by atoms with Gasteiger partial charge in [-0.15, -0.1) is 0 Å². The van der Waals surface area contributed by atoms with Gasteiger partial charge in [0.05, 0.1) is 33.2 Å². The average molecular weight is 1130 g/mol. The standard InChI is InChI=1S/C39H25N5.2C17H11NOS.Be/c1-4-14-26(15-5-1)37-40-38(27-16-6-2-7-17-27)42-39(41-37)44-33-23-13-11-21-31(33)35-34(44)25-24-30-29-20-10-12-22-32(29)43(36(30)35)28-18-8-3-9-19-28;2*19-16-12-6-2-1-5-11(12)9-10-13(16)17-18-14-7-3-4-8-15(14)20-17;/h1-25H;2*1-10,19H;/q;;;+2. The van der Waals surface area contributed by atoms with E-state index < -0.39 is 0 Å². The Morgan fingerprint density at radius 1 is 0.341 bits per heavy atom. The Morgan fingerprint density at radius 2 is 0.776 bits per heavy atom. The molecule has 17 rings (SSSR count). The molecule has 0 fully saturated rings. The molecule has 398 valence electrons. The predicted molar refractivity (Wildman–Crippen MR) is 347 cm³/mol. The fraction of sp³-hybridized carbons (Fsp3) is 0. The number of aromatic nitrogens is 7. The van der Waals surface area contributed by atoms with Gasteiger partial charge in [-0.1, -0.05) is 240 Å². The number of nitrogens with one attached hydrogen (secondary N) is 2. The van der Waals surface area contributed by atoms with E-state index in [9.17, 15) is 10.2 Å². The van der Waals surface area contributed by atoms with Crippen LogP contribution < -0.4 is 20.2 Å². The van der Waals surface area contributed by atoms with Gasteiger partial charge in [0.2, 0.25) is 17.0 Å². The summed E-state index contributed by atoms with van der Waals surface area (Å²) < 4.78 is 6.91. The fourth-order valence-electron chi connectivity index (χ4n) is 11.4. The summed E-state index contributed by atoms with van der Waals surface area (Å²) in [4.78, 5) is 21.8. The first kappa shape index (κ1) is 52.4. The molecule has 17 aromatic rings. The maximum absolute atomic E-state index is 12.6. The summed E-state index contributed by atoms with van der Waals surface area (Å²) in [6.07, 6.45) is 0. The molecule has 12 heteroatoms. The second-order valence-electron chi connectivity index (χ2n) is 20.3. The molecule has 0 aliphatic rings. The summed E-state index contributed by atoms with van der Waals surface area (Å²) in [6.45, 7) is 0. The number of hydrogen-bond donors (Lipinski definition) is 0. The van der Waals surface area contributed by atoms with Crippen LogP contribution in [0.5, 0.6) is 11.5 Å². The minimum atomic E-state index is 0. The van der Waals surface area contributed by atoms with Crippen LogP contribution in [-0.4, -0.2) is 34.2 Å². The number of para-hydroxylation sites is 5. The molecule has 0 saturated carbocycles. The largest absolute Gasteiger partial charge is 2.00 e. The summed E-state index contributed by atoms with van der Waals surface area (Å²) in [5, 5.41) is 35.3. The smallest absolute Gasteiger partial charge is 0.871 e. The Bertz CT molecular complexity index is 5040. The number of rotatable bonds is 6. The third-order valence-corrected chi connectivity index (χ3v) is 17.5. The van der Waals surface area contributed by atoms with Gasteiger partial charge in [0, 0.05) is 50.5 Å². The van der Waals surface area contributed by atoms with E-state index in [4.69, 9.17) is 15.0 Å². The van der Waals surface area contributed by atoms with Crippen molar-refractivity contribution in [3.63, 3.8) is 0 Å². The third-order valence-electron chi connectivity index (χ3n) is 15.3. The van der Waals surface area contributed by atoms with Gasteiger partial charge in [0.25, 0.3) is 10.0 Å². The van der Waals surface area contributed by atoms with Gasteiger partial charge < -0.3 is 14.8 Å². The zero-order valence-electron chi connectivity index (χ0n) is 45.6. The van der Waals surface area contributed by atoms with Gasteiger partial charge in [-0.3, -0.25) is 4.57 Å². The Kier molecular flexibility index (Phi) is 13.7. The summed E-state index contributed by atoms with van der Waals surface area (Å²) in [5.41, 5.74) is 11.1. The Balaban J connectivity index is 0.000000129. The van der Waals surface area contributed by atoms with Gasteiger partial charge in [0.15, 0.2) is 11.6 Å². The Labute approximate surface area is 499 Å². The molecule has 0 spiro atoms. The summed E-state index contributed by atoms with van der Waals surface area (Å²) >= 11 is 3.24. The number of aromatic amines is 2. The zero-order valence-corrected chi connectivity index (χ0v) is 47.2. The van der Waals surface area contributed by atoms with Gasteiger partial charge in [-0.05, 0) is 76.1 Å². The summed E-state index contributed by atoms with van der Waals surface area (Å²) in [7, 11) is 0. The number of H-pyrrole nitrogens is 2. The Morgan fingerprint density at radius 3 is 1.31 bits per heavy atom. The molecule has 0 aliphatic heterocycles. The first-order valence-electron chi connectivity index (χ1n) is 27.6. The Hall–Kier alpha value is -10.7.